The van der Waals surface area contributed by atoms with Gasteiger partial charge in [-0.05, 0) is 88.3 Å². The maximum absolute atomic E-state index is 7.52. The molecule has 0 radical (unpaired) electrons. The van der Waals surface area contributed by atoms with Crippen molar-refractivity contribution in [3.05, 3.63) is 191 Å². The molecule has 0 N–H and O–H groups in total. The van der Waals surface area contributed by atoms with Gasteiger partial charge in [0.05, 0.1) is 41.2 Å². The van der Waals surface area contributed by atoms with E-state index in [9.17, 15) is 0 Å². The number of hydrogen-bond acceptors (Lipinski definition) is 6. The molecule has 6 rings (SSSR count). The summed E-state index contributed by atoms with van der Waals surface area (Å²) in [7, 11) is 6.70. The molecule has 0 aromatic heterocycles. The van der Waals surface area contributed by atoms with Crippen molar-refractivity contribution in [2.75, 3.05) is 35.0 Å². The predicted molar refractivity (Wildman–Crippen MR) is 206 cm³/mol. The first-order valence-corrected chi connectivity index (χ1v) is 17.5. The van der Waals surface area contributed by atoms with Gasteiger partial charge in [0.1, 0.15) is 34.2 Å². The van der Waals surface area contributed by atoms with Gasteiger partial charge in [-0.1, -0.05) is 116 Å². The second-order valence-electron chi connectivity index (χ2n) is 12.5. The van der Waals surface area contributed by atoms with Crippen molar-refractivity contribution in [3.8, 4) is 23.0 Å². The van der Waals surface area contributed by atoms with E-state index < -0.39 is 11.2 Å². The van der Waals surface area contributed by atoms with Crippen LogP contribution in [0.4, 0.5) is 0 Å². The fourth-order valence-electron chi connectivity index (χ4n) is 6.81. The highest BCUT2D eigenvalue weighted by Crippen LogP contribution is 2.45. The van der Waals surface area contributed by atoms with Crippen molar-refractivity contribution in [2.24, 2.45) is 0 Å². The van der Waals surface area contributed by atoms with Crippen LogP contribution in [0.3, 0.4) is 0 Å². The molecule has 0 saturated heterocycles. The molecule has 1 atom stereocenters. The van der Waals surface area contributed by atoms with E-state index in [0.717, 1.165) is 56.4 Å². The zero-order chi connectivity index (χ0) is 36.4. The number of rotatable bonds is 16. The molecule has 6 heteroatoms. The molecular formula is C46H46O6. The molecule has 0 spiro atoms. The van der Waals surface area contributed by atoms with Gasteiger partial charge < -0.3 is 28.4 Å². The van der Waals surface area contributed by atoms with Gasteiger partial charge in [-0.25, -0.2) is 0 Å². The van der Waals surface area contributed by atoms with Crippen molar-refractivity contribution >= 4 is 0 Å². The molecule has 266 valence electrons. The quantitative estimate of drug-likeness (QED) is 0.0941. The Labute approximate surface area is 307 Å². The smallest absolute Gasteiger partial charge is 0.144 e. The average molecular weight is 695 g/mol. The summed E-state index contributed by atoms with van der Waals surface area (Å²) in [5.41, 5.74) is 3.82. The van der Waals surface area contributed by atoms with Crippen molar-refractivity contribution < 1.29 is 28.4 Å². The maximum Gasteiger partial charge on any atom is 0.144 e. The van der Waals surface area contributed by atoms with Gasteiger partial charge in [0.25, 0.3) is 0 Å². The van der Waals surface area contributed by atoms with E-state index in [-0.39, 0.29) is 12.7 Å². The molecule has 0 amide bonds. The van der Waals surface area contributed by atoms with E-state index in [1.165, 1.54) is 0 Å². The summed E-state index contributed by atoms with van der Waals surface area (Å²) in [6.07, 6.45) is 0.320. The normalized spacial score (nSPS) is 12.2. The molecule has 0 heterocycles. The SMILES string of the molecule is CCC(COC(c1ccccc1)(c1ccc(OC)cc1)c1ccc(OC)cc1)OC(c1ccccc1)(c1ccc(OC)cc1)c1ccc(OC)cc1. The third-order valence-electron chi connectivity index (χ3n) is 9.63. The Morgan fingerprint density at radius 3 is 0.981 bits per heavy atom. The van der Waals surface area contributed by atoms with E-state index in [0.29, 0.717) is 6.42 Å². The van der Waals surface area contributed by atoms with Crippen LogP contribution in [0.25, 0.3) is 0 Å². The van der Waals surface area contributed by atoms with Crippen molar-refractivity contribution in [2.45, 2.75) is 30.7 Å². The van der Waals surface area contributed by atoms with Crippen LogP contribution in [0, 0.1) is 0 Å². The first-order chi connectivity index (χ1) is 25.5. The van der Waals surface area contributed by atoms with E-state index in [1.807, 2.05) is 84.9 Å². The van der Waals surface area contributed by atoms with E-state index >= 15 is 0 Å². The Kier molecular flexibility index (Phi) is 11.6. The fourth-order valence-corrected chi connectivity index (χ4v) is 6.81. The van der Waals surface area contributed by atoms with Crippen molar-refractivity contribution in [3.63, 3.8) is 0 Å². The maximum atomic E-state index is 7.52. The van der Waals surface area contributed by atoms with Crippen LogP contribution in [-0.4, -0.2) is 41.2 Å². The summed E-state index contributed by atoms with van der Waals surface area (Å²) in [6.45, 7) is 2.40. The lowest BCUT2D eigenvalue weighted by molar-refractivity contribution is -0.110. The first kappa shape index (κ1) is 36.2. The number of methoxy groups -OCH3 is 4. The summed E-state index contributed by atoms with van der Waals surface area (Å²) in [5.74, 6) is 3.06. The molecule has 0 aliphatic carbocycles. The van der Waals surface area contributed by atoms with Crippen LogP contribution >= 0.6 is 0 Å². The standard InChI is InChI=1S/C46H46O6/c1-6-40(52-46(35-15-11-8-12-16-35,38-21-29-43(49-4)30-22-38)39-23-31-44(50-5)32-24-39)33-51-45(34-13-9-7-10-14-34,36-17-25-41(47-2)26-18-36)37-19-27-42(48-3)28-20-37/h7-32,40H,6,33H2,1-5H3. The highest BCUT2D eigenvalue weighted by Gasteiger charge is 2.42. The van der Waals surface area contributed by atoms with Gasteiger partial charge >= 0.3 is 0 Å². The van der Waals surface area contributed by atoms with E-state index in [2.05, 4.69) is 79.7 Å². The van der Waals surface area contributed by atoms with E-state index in [4.69, 9.17) is 28.4 Å². The molecule has 6 aromatic rings. The molecule has 1 unspecified atom stereocenters. The Morgan fingerprint density at radius 2 is 0.673 bits per heavy atom. The minimum Gasteiger partial charge on any atom is -0.497 e. The van der Waals surface area contributed by atoms with Gasteiger partial charge in [0.2, 0.25) is 0 Å². The van der Waals surface area contributed by atoms with Crippen molar-refractivity contribution in [1.29, 1.82) is 0 Å². The van der Waals surface area contributed by atoms with Crippen LogP contribution < -0.4 is 18.9 Å². The van der Waals surface area contributed by atoms with E-state index in [1.54, 1.807) is 28.4 Å². The Bertz CT molecular complexity index is 1860. The second-order valence-corrected chi connectivity index (χ2v) is 12.5. The topological polar surface area (TPSA) is 55.4 Å². The first-order valence-electron chi connectivity index (χ1n) is 17.5. The van der Waals surface area contributed by atoms with Crippen LogP contribution in [0.5, 0.6) is 23.0 Å². The number of benzene rings is 6. The van der Waals surface area contributed by atoms with Gasteiger partial charge in [-0.2, -0.15) is 0 Å². The predicted octanol–water partition coefficient (Wildman–Crippen LogP) is 9.82. The van der Waals surface area contributed by atoms with Gasteiger partial charge in [0.15, 0.2) is 0 Å². The summed E-state index contributed by atoms with van der Waals surface area (Å²) >= 11 is 0. The van der Waals surface area contributed by atoms with Crippen LogP contribution in [0.15, 0.2) is 158 Å². The second kappa shape index (κ2) is 16.6. The minimum atomic E-state index is -1.00. The lowest BCUT2D eigenvalue weighted by atomic mass is 9.79. The lowest BCUT2D eigenvalue weighted by Gasteiger charge is -2.41. The third-order valence-corrected chi connectivity index (χ3v) is 9.63. The molecular weight excluding hydrogens is 649 g/mol. The fraction of sp³-hybridized carbons (Fsp3) is 0.217. The largest absolute Gasteiger partial charge is 0.497 e. The van der Waals surface area contributed by atoms with Gasteiger partial charge in [0, 0.05) is 0 Å². The molecule has 0 saturated carbocycles. The lowest BCUT2D eigenvalue weighted by Crippen LogP contribution is -2.41. The molecule has 0 fully saturated rings. The number of ether oxygens (including phenoxy) is 6. The zero-order valence-electron chi connectivity index (χ0n) is 30.5. The summed E-state index contributed by atoms with van der Waals surface area (Å²) in [4.78, 5) is 0. The van der Waals surface area contributed by atoms with Gasteiger partial charge in [-0.15, -0.1) is 0 Å². The molecule has 6 aromatic carbocycles. The van der Waals surface area contributed by atoms with Crippen LogP contribution in [0.1, 0.15) is 46.7 Å². The molecule has 52 heavy (non-hydrogen) atoms. The summed E-state index contributed by atoms with van der Waals surface area (Å²) in [6, 6.07) is 53.1. The highest BCUT2D eigenvalue weighted by molar-refractivity contribution is 5.51. The minimum absolute atomic E-state index is 0.268. The Hall–Kier alpha value is -5.56. The highest BCUT2D eigenvalue weighted by atomic mass is 16.6. The zero-order valence-corrected chi connectivity index (χ0v) is 30.5. The summed E-state index contributed by atoms with van der Waals surface area (Å²) in [5, 5.41) is 0. The Balaban J connectivity index is 1.50. The average Bonchev–Trinajstić information content (AvgIpc) is 3.23. The molecule has 0 bridgehead atoms. The van der Waals surface area contributed by atoms with Crippen LogP contribution in [0.2, 0.25) is 0 Å². The van der Waals surface area contributed by atoms with Crippen molar-refractivity contribution in [1.82, 2.24) is 0 Å². The molecule has 6 nitrogen and oxygen atoms in total. The molecule has 0 aliphatic rings. The van der Waals surface area contributed by atoms with Gasteiger partial charge in [-0.3, -0.25) is 0 Å². The number of hydrogen-bond donors (Lipinski definition) is 0. The van der Waals surface area contributed by atoms with Crippen LogP contribution in [-0.2, 0) is 20.7 Å². The Morgan fingerprint density at radius 1 is 0.385 bits per heavy atom. The monoisotopic (exact) mass is 694 g/mol. The molecule has 0 aliphatic heterocycles. The summed E-state index contributed by atoms with van der Waals surface area (Å²) < 4.78 is 37.1. The third kappa shape index (κ3) is 7.26.